The molecule has 1 atom stereocenters. The molecule has 0 radical (unpaired) electrons. The predicted octanol–water partition coefficient (Wildman–Crippen LogP) is 4.28. The third kappa shape index (κ3) is 29.0. The zero-order chi connectivity index (χ0) is 17.2. The van der Waals surface area contributed by atoms with Crippen LogP contribution >= 0.6 is 37.2 Å². The van der Waals surface area contributed by atoms with E-state index < -0.39 is 5.97 Å². The monoisotopic (exact) mass is 437 g/mol. The number of unbranched alkanes of at least 4 members (excludes halogenated alkanes) is 9. The van der Waals surface area contributed by atoms with E-state index in [0.29, 0.717) is 0 Å². The van der Waals surface area contributed by atoms with Crippen molar-refractivity contribution in [3.05, 3.63) is 0 Å². The standard InChI is InChI=1S/C18H39N3O2.3ClH/c19-13-9-7-5-3-1-2-4-6-8-10-14-21-15-11-12-17(20)16-18(22)23;;;/h17,21H,1-16,19-20H2,(H,22,23);3*1H. The molecular formula is C18H42Cl3N3O2. The lowest BCUT2D eigenvalue weighted by Gasteiger charge is -2.09. The van der Waals surface area contributed by atoms with Gasteiger partial charge in [0.1, 0.15) is 0 Å². The summed E-state index contributed by atoms with van der Waals surface area (Å²) in [6, 6.07) is -0.204. The fourth-order valence-electron chi connectivity index (χ4n) is 2.75. The third-order valence-corrected chi connectivity index (χ3v) is 4.17. The highest BCUT2D eigenvalue weighted by Crippen LogP contribution is 2.10. The number of carboxylic acids is 1. The first-order valence-corrected chi connectivity index (χ1v) is 9.55. The minimum Gasteiger partial charge on any atom is -0.481 e. The molecule has 0 rings (SSSR count). The Bertz CT molecular complexity index is 276. The average molecular weight is 439 g/mol. The summed E-state index contributed by atoms with van der Waals surface area (Å²) in [6.07, 6.45) is 15.0. The normalized spacial score (nSPS) is 11.0. The molecule has 0 saturated heterocycles. The van der Waals surface area contributed by atoms with Crippen LogP contribution in [0.25, 0.3) is 0 Å². The molecule has 0 aromatic heterocycles. The van der Waals surface area contributed by atoms with E-state index in [2.05, 4.69) is 5.32 Å². The maximum Gasteiger partial charge on any atom is 0.304 e. The van der Waals surface area contributed by atoms with Crippen molar-refractivity contribution in [3.8, 4) is 0 Å². The minimum absolute atomic E-state index is 0. The van der Waals surface area contributed by atoms with Gasteiger partial charge in [0.15, 0.2) is 0 Å². The summed E-state index contributed by atoms with van der Waals surface area (Å²) in [7, 11) is 0. The Balaban J connectivity index is -0.000000807. The molecule has 0 aromatic rings. The summed E-state index contributed by atoms with van der Waals surface area (Å²) in [5.74, 6) is -0.805. The molecule has 0 fully saturated rings. The minimum atomic E-state index is -0.805. The van der Waals surface area contributed by atoms with Gasteiger partial charge in [-0.05, 0) is 45.3 Å². The van der Waals surface area contributed by atoms with Gasteiger partial charge in [-0.15, -0.1) is 37.2 Å². The number of aliphatic carboxylic acids is 1. The molecule has 26 heavy (non-hydrogen) atoms. The zero-order valence-electron chi connectivity index (χ0n) is 16.1. The third-order valence-electron chi connectivity index (χ3n) is 4.17. The van der Waals surface area contributed by atoms with E-state index in [4.69, 9.17) is 16.6 Å². The maximum absolute atomic E-state index is 10.5. The summed E-state index contributed by atoms with van der Waals surface area (Å²) >= 11 is 0. The van der Waals surface area contributed by atoms with Crippen LogP contribution in [0.5, 0.6) is 0 Å². The molecule has 8 heteroatoms. The quantitative estimate of drug-likeness (QED) is 0.239. The Kier molecular flexibility index (Phi) is 35.6. The molecule has 0 aromatic carbocycles. The Labute approximate surface area is 179 Å². The zero-order valence-corrected chi connectivity index (χ0v) is 18.6. The van der Waals surface area contributed by atoms with Crippen LogP contribution in [0.4, 0.5) is 0 Å². The second-order valence-electron chi connectivity index (χ2n) is 6.57. The van der Waals surface area contributed by atoms with Gasteiger partial charge >= 0.3 is 5.97 Å². The molecule has 0 aliphatic heterocycles. The van der Waals surface area contributed by atoms with E-state index in [1.807, 2.05) is 0 Å². The van der Waals surface area contributed by atoms with Gasteiger partial charge in [-0.3, -0.25) is 4.79 Å². The summed E-state index contributed by atoms with van der Waals surface area (Å²) in [5, 5.41) is 12.0. The van der Waals surface area contributed by atoms with Crippen molar-refractivity contribution in [3.63, 3.8) is 0 Å². The van der Waals surface area contributed by atoms with Crippen LogP contribution in [0.3, 0.4) is 0 Å². The number of nitrogens with two attached hydrogens (primary N) is 2. The lowest BCUT2D eigenvalue weighted by molar-refractivity contribution is -0.137. The molecule has 6 N–H and O–H groups in total. The molecule has 0 bridgehead atoms. The Morgan fingerprint density at radius 3 is 1.65 bits per heavy atom. The molecule has 0 heterocycles. The van der Waals surface area contributed by atoms with Gasteiger partial charge in [-0.25, -0.2) is 0 Å². The number of carbonyl (C=O) groups is 1. The second kappa shape index (κ2) is 27.4. The first kappa shape index (κ1) is 33.8. The van der Waals surface area contributed by atoms with Crippen molar-refractivity contribution in [1.29, 1.82) is 0 Å². The topological polar surface area (TPSA) is 101 Å². The first-order chi connectivity index (χ1) is 11.2. The fraction of sp³-hybridized carbons (Fsp3) is 0.944. The van der Waals surface area contributed by atoms with Crippen LogP contribution in [0, 0.1) is 0 Å². The summed E-state index contributed by atoms with van der Waals surface area (Å²) in [5.41, 5.74) is 11.2. The number of hydrogen-bond donors (Lipinski definition) is 4. The number of carboxylic acid groups (broad SMARTS) is 1. The maximum atomic E-state index is 10.5. The average Bonchev–Trinajstić information content (AvgIpc) is 2.50. The van der Waals surface area contributed by atoms with E-state index in [1.165, 1.54) is 64.2 Å². The van der Waals surface area contributed by atoms with Gasteiger partial charge in [-0.2, -0.15) is 0 Å². The van der Waals surface area contributed by atoms with Crippen molar-refractivity contribution in [2.24, 2.45) is 11.5 Å². The van der Waals surface area contributed by atoms with Crippen molar-refractivity contribution in [1.82, 2.24) is 5.32 Å². The van der Waals surface area contributed by atoms with Gasteiger partial charge in [-0.1, -0.05) is 51.4 Å². The number of nitrogens with one attached hydrogen (secondary N) is 1. The predicted molar refractivity (Wildman–Crippen MR) is 119 cm³/mol. The highest BCUT2D eigenvalue weighted by atomic mass is 35.5. The van der Waals surface area contributed by atoms with Gasteiger partial charge in [0.2, 0.25) is 0 Å². The summed E-state index contributed by atoms with van der Waals surface area (Å²) in [6.45, 7) is 2.84. The largest absolute Gasteiger partial charge is 0.481 e. The Morgan fingerprint density at radius 2 is 1.19 bits per heavy atom. The van der Waals surface area contributed by atoms with E-state index in [1.54, 1.807) is 0 Å². The Morgan fingerprint density at radius 1 is 0.769 bits per heavy atom. The Hall–Kier alpha value is 0.220. The number of rotatable bonds is 18. The molecule has 0 saturated carbocycles. The number of hydrogen-bond acceptors (Lipinski definition) is 4. The van der Waals surface area contributed by atoms with Gasteiger partial charge in [0, 0.05) is 6.04 Å². The van der Waals surface area contributed by atoms with Crippen molar-refractivity contribution < 1.29 is 9.90 Å². The molecule has 0 aliphatic carbocycles. The highest BCUT2D eigenvalue weighted by molar-refractivity contribution is 5.86. The van der Waals surface area contributed by atoms with Crippen LogP contribution in [0.15, 0.2) is 0 Å². The summed E-state index contributed by atoms with van der Waals surface area (Å²) in [4.78, 5) is 10.5. The van der Waals surface area contributed by atoms with Crippen LogP contribution < -0.4 is 16.8 Å². The van der Waals surface area contributed by atoms with Crippen molar-refractivity contribution >= 4 is 43.2 Å². The second-order valence-corrected chi connectivity index (χ2v) is 6.57. The fourth-order valence-corrected chi connectivity index (χ4v) is 2.75. The molecule has 162 valence electrons. The molecule has 0 aliphatic rings. The van der Waals surface area contributed by atoms with Crippen LogP contribution in [0.2, 0.25) is 0 Å². The van der Waals surface area contributed by atoms with Gasteiger partial charge < -0.3 is 21.9 Å². The van der Waals surface area contributed by atoms with E-state index in [-0.39, 0.29) is 49.7 Å². The smallest absolute Gasteiger partial charge is 0.304 e. The van der Waals surface area contributed by atoms with Crippen LogP contribution in [0.1, 0.15) is 83.5 Å². The van der Waals surface area contributed by atoms with E-state index in [9.17, 15) is 4.79 Å². The molecule has 5 nitrogen and oxygen atoms in total. The van der Waals surface area contributed by atoms with Gasteiger partial charge in [0.25, 0.3) is 0 Å². The number of halogens is 3. The molecule has 1 unspecified atom stereocenters. The molecular weight excluding hydrogens is 397 g/mol. The first-order valence-electron chi connectivity index (χ1n) is 9.55. The molecule has 0 amide bonds. The van der Waals surface area contributed by atoms with Crippen LogP contribution in [-0.2, 0) is 4.79 Å². The summed E-state index contributed by atoms with van der Waals surface area (Å²) < 4.78 is 0. The van der Waals surface area contributed by atoms with E-state index >= 15 is 0 Å². The lowest BCUT2D eigenvalue weighted by Crippen LogP contribution is -2.25. The lowest BCUT2D eigenvalue weighted by atomic mass is 10.1. The van der Waals surface area contributed by atoms with Crippen LogP contribution in [-0.4, -0.2) is 36.8 Å². The van der Waals surface area contributed by atoms with Gasteiger partial charge in [0.05, 0.1) is 6.42 Å². The van der Waals surface area contributed by atoms with E-state index in [0.717, 1.165) is 32.5 Å². The SMILES string of the molecule is Cl.Cl.Cl.NCCCCCCCCCCCCNCCCC(N)CC(=O)O. The van der Waals surface area contributed by atoms with Crippen molar-refractivity contribution in [2.45, 2.75) is 89.5 Å². The highest BCUT2D eigenvalue weighted by Gasteiger charge is 2.06. The van der Waals surface area contributed by atoms with Crippen molar-refractivity contribution in [2.75, 3.05) is 19.6 Å². The molecule has 0 spiro atoms.